The number of nitrogens with one attached hydrogen (secondary N) is 2. The Morgan fingerprint density at radius 2 is 1.87 bits per heavy atom. The topological polar surface area (TPSA) is 106 Å². The van der Waals surface area contributed by atoms with E-state index in [0.29, 0.717) is 41.3 Å². The van der Waals surface area contributed by atoms with E-state index in [-0.39, 0.29) is 30.5 Å². The lowest BCUT2D eigenvalue weighted by Gasteiger charge is -2.19. The minimum absolute atomic E-state index is 0.0973. The molecule has 0 fully saturated rings. The van der Waals surface area contributed by atoms with Gasteiger partial charge in [0.1, 0.15) is 0 Å². The summed E-state index contributed by atoms with van der Waals surface area (Å²) >= 11 is 0. The second-order valence-corrected chi connectivity index (χ2v) is 7.25. The van der Waals surface area contributed by atoms with E-state index in [1.54, 1.807) is 33.5 Å². The molecule has 31 heavy (non-hydrogen) atoms. The van der Waals surface area contributed by atoms with Gasteiger partial charge in [0.25, 0.3) is 0 Å². The molecule has 3 N–H and O–H groups in total. The molecule has 1 amide bonds. The Morgan fingerprint density at radius 3 is 2.48 bits per heavy atom. The molecular formula is C23H28N2O6. The third-order valence-electron chi connectivity index (χ3n) is 5.34. The Morgan fingerprint density at radius 1 is 1.13 bits per heavy atom. The number of aliphatic hydroxyl groups is 1. The minimum atomic E-state index is -0.354. The highest BCUT2D eigenvalue weighted by atomic mass is 16.5. The molecule has 0 saturated carbocycles. The molecular weight excluding hydrogens is 400 g/mol. The largest absolute Gasteiger partial charge is 0.493 e. The third kappa shape index (κ3) is 4.44. The maximum absolute atomic E-state index is 12.9. The Bertz CT molecular complexity index is 1040. The molecule has 1 aliphatic rings. The van der Waals surface area contributed by atoms with Crippen molar-refractivity contribution in [2.75, 3.05) is 39.8 Å². The molecule has 0 aromatic heterocycles. The summed E-state index contributed by atoms with van der Waals surface area (Å²) in [5, 5.41) is 15.0. The molecule has 0 spiro atoms. The van der Waals surface area contributed by atoms with Crippen molar-refractivity contribution in [3.63, 3.8) is 0 Å². The van der Waals surface area contributed by atoms with Crippen molar-refractivity contribution < 1.29 is 24.1 Å². The molecule has 8 nitrogen and oxygen atoms in total. The van der Waals surface area contributed by atoms with E-state index in [4.69, 9.17) is 19.3 Å². The number of benzene rings is 1. The van der Waals surface area contributed by atoms with Gasteiger partial charge in [0, 0.05) is 19.0 Å². The maximum atomic E-state index is 12.9. The van der Waals surface area contributed by atoms with E-state index in [1.165, 1.54) is 6.92 Å². The van der Waals surface area contributed by atoms with Gasteiger partial charge in [0.2, 0.25) is 17.1 Å². The van der Waals surface area contributed by atoms with Crippen LogP contribution in [-0.4, -0.2) is 45.5 Å². The van der Waals surface area contributed by atoms with Gasteiger partial charge in [-0.05, 0) is 47.7 Å². The molecule has 1 atom stereocenters. The van der Waals surface area contributed by atoms with Crippen LogP contribution < -0.4 is 30.3 Å². The smallest absolute Gasteiger partial charge is 0.217 e. The fourth-order valence-electron chi connectivity index (χ4n) is 4.04. The Hall–Kier alpha value is -3.26. The van der Waals surface area contributed by atoms with Gasteiger partial charge in [-0.25, -0.2) is 0 Å². The number of aryl methyl sites for hydroxylation is 1. The number of hydrogen-bond donors (Lipinski definition) is 3. The lowest BCUT2D eigenvalue weighted by Crippen LogP contribution is -2.26. The van der Waals surface area contributed by atoms with Crippen LogP contribution >= 0.6 is 0 Å². The average Bonchev–Trinajstić information content (AvgIpc) is 2.99. The number of anilines is 1. The van der Waals surface area contributed by atoms with Crippen LogP contribution in [0, 0.1) is 0 Å². The van der Waals surface area contributed by atoms with Gasteiger partial charge in [0.15, 0.2) is 11.5 Å². The zero-order valence-electron chi connectivity index (χ0n) is 18.2. The molecule has 0 heterocycles. The highest BCUT2D eigenvalue weighted by Gasteiger charge is 2.29. The van der Waals surface area contributed by atoms with E-state index in [1.807, 2.05) is 12.1 Å². The summed E-state index contributed by atoms with van der Waals surface area (Å²) < 4.78 is 16.8. The number of aliphatic hydroxyl groups excluding tert-OH is 1. The van der Waals surface area contributed by atoms with Crippen molar-refractivity contribution in [3.05, 3.63) is 45.6 Å². The summed E-state index contributed by atoms with van der Waals surface area (Å²) in [6.45, 7) is 1.61. The van der Waals surface area contributed by atoms with Crippen LogP contribution in [0.1, 0.15) is 30.5 Å². The van der Waals surface area contributed by atoms with Crippen molar-refractivity contribution >= 4 is 11.6 Å². The molecule has 3 rings (SSSR count). The molecule has 0 bridgehead atoms. The van der Waals surface area contributed by atoms with Crippen LogP contribution in [0.15, 0.2) is 29.1 Å². The molecule has 1 aliphatic carbocycles. The van der Waals surface area contributed by atoms with Gasteiger partial charge in [-0.3, -0.25) is 9.59 Å². The van der Waals surface area contributed by atoms with Gasteiger partial charge < -0.3 is 30.0 Å². The number of methoxy groups -OCH3 is 3. The van der Waals surface area contributed by atoms with Gasteiger partial charge in [-0.2, -0.15) is 0 Å². The molecule has 0 unspecified atom stereocenters. The molecule has 2 aromatic rings. The lowest BCUT2D eigenvalue weighted by molar-refractivity contribution is -0.119. The van der Waals surface area contributed by atoms with Gasteiger partial charge in [0.05, 0.1) is 39.7 Å². The number of hydrogen-bond acceptors (Lipinski definition) is 7. The normalized spacial score (nSPS) is 14.5. The van der Waals surface area contributed by atoms with Crippen LogP contribution in [0.4, 0.5) is 5.69 Å². The first-order chi connectivity index (χ1) is 14.9. The van der Waals surface area contributed by atoms with Crippen molar-refractivity contribution in [1.82, 2.24) is 5.32 Å². The monoisotopic (exact) mass is 428 g/mol. The fraction of sp³-hybridized carbons (Fsp3) is 0.391. The number of carbonyl (C=O) groups is 1. The van der Waals surface area contributed by atoms with Crippen molar-refractivity contribution in [1.29, 1.82) is 0 Å². The number of fused-ring (bicyclic) bond motifs is 3. The molecule has 0 radical (unpaired) electrons. The van der Waals surface area contributed by atoms with Gasteiger partial charge in [-0.15, -0.1) is 0 Å². The number of rotatable bonds is 7. The van der Waals surface area contributed by atoms with Crippen molar-refractivity contribution in [2.45, 2.75) is 25.8 Å². The number of ether oxygens (including phenoxy) is 3. The first-order valence-corrected chi connectivity index (χ1v) is 10.1. The van der Waals surface area contributed by atoms with E-state index in [0.717, 1.165) is 16.7 Å². The number of amides is 1. The molecule has 0 saturated heterocycles. The summed E-state index contributed by atoms with van der Waals surface area (Å²) in [4.78, 5) is 24.8. The summed E-state index contributed by atoms with van der Waals surface area (Å²) in [6, 6.07) is 6.62. The maximum Gasteiger partial charge on any atom is 0.217 e. The lowest BCUT2D eigenvalue weighted by atomic mass is 9.95. The van der Waals surface area contributed by atoms with Crippen LogP contribution in [0.5, 0.6) is 17.2 Å². The Balaban J connectivity index is 2.36. The van der Waals surface area contributed by atoms with Gasteiger partial charge >= 0.3 is 0 Å². The second kappa shape index (κ2) is 9.70. The van der Waals surface area contributed by atoms with Gasteiger partial charge in [-0.1, -0.05) is 6.07 Å². The highest BCUT2D eigenvalue weighted by Crippen LogP contribution is 2.50. The fourth-order valence-corrected chi connectivity index (χ4v) is 4.04. The summed E-state index contributed by atoms with van der Waals surface area (Å²) in [6.07, 6.45) is 1.24. The van der Waals surface area contributed by atoms with E-state index >= 15 is 0 Å². The number of carbonyl (C=O) groups excluding carboxylic acids is 1. The van der Waals surface area contributed by atoms with Crippen molar-refractivity contribution in [2.24, 2.45) is 0 Å². The predicted octanol–water partition coefficient (Wildman–Crippen LogP) is 2.27. The predicted molar refractivity (Wildman–Crippen MR) is 118 cm³/mol. The first-order valence-electron chi connectivity index (χ1n) is 10.1. The minimum Gasteiger partial charge on any atom is -0.493 e. The van der Waals surface area contributed by atoms with E-state index in [9.17, 15) is 9.59 Å². The quantitative estimate of drug-likeness (QED) is 0.621. The van der Waals surface area contributed by atoms with Crippen LogP contribution in [0.25, 0.3) is 11.1 Å². The summed E-state index contributed by atoms with van der Waals surface area (Å²) in [5.74, 6) is 1.33. The molecule has 166 valence electrons. The molecule has 2 aromatic carbocycles. The van der Waals surface area contributed by atoms with Crippen LogP contribution in [-0.2, 0) is 11.2 Å². The van der Waals surface area contributed by atoms with Crippen LogP contribution in [0.3, 0.4) is 0 Å². The zero-order valence-corrected chi connectivity index (χ0v) is 18.2. The summed E-state index contributed by atoms with van der Waals surface area (Å²) in [5.41, 5.74) is 3.36. The summed E-state index contributed by atoms with van der Waals surface area (Å²) in [7, 11) is 4.67. The van der Waals surface area contributed by atoms with Crippen molar-refractivity contribution in [3.8, 4) is 28.4 Å². The SMILES string of the molecule is COc1cc2c(c(OC)c1OC)-c1ccc(NCCO)c(=O)cc1[C@@H](NC(C)=O)CC2. The third-order valence-corrected chi connectivity index (χ3v) is 5.34. The first kappa shape index (κ1) is 22.4. The van der Waals surface area contributed by atoms with E-state index in [2.05, 4.69) is 10.6 Å². The second-order valence-electron chi connectivity index (χ2n) is 7.25. The average molecular weight is 428 g/mol. The Labute approximate surface area is 181 Å². The standard InChI is InChI=1S/C23H28N2O6/c1-13(27)25-17-7-5-14-11-20(29-2)22(30-3)23(31-4)21(14)15-6-8-18(24-9-10-26)19(28)12-16(15)17/h6,8,11-12,17,26H,5,7,9-10H2,1-4H3,(H,24,28)(H,25,27)/t17-/m0/s1. The highest BCUT2D eigenvalue weighted by molar-refractivity contribution is 5.83. The zero-order chi connectivity index (χ0) is 22.5. The Kier molecular flexibility index (Phi) is 7.02. The molecule has 8 heteroatoms. The van der Waals surface area contributed by atoms with Crippen LogP contribution in [0.2, 0.25) is 0 Å². The van der Waals surface area contributed by atoms with E-state index < -0.39 is 0 Å². The molecule has 0 aliphatic heterocycles.